The van der Waals surface area contributed by atoms with Crippen molar-refractivity contribution in [2.75, 3.05) is 6.61 Å². The molecule has 1 heterocycles. The van der Waals surface area contributed by atoms with Crippen molar-refractivity contribution in [2.45, 2.75) is 12.8 Å². The Morgan fingerprint density at radius 2 is 1.78 bits per heavy atom. The minimum atomic E-state index is 0.133. The molecule has 0 amide bonds. The van der Waals surface area contributed by atoms with Crippen molar-refractivity contribution in [3.8, 4) is 5.75 Å². The number of hydrogen-bond acceptors (Lipinski definition) is 3. The monoisotopic (exact) mass is 241 g/mol. The number of Topliss-reactive ketones (excluding diaryl/α,β-unsaturated/α-hetero) is 1. The van der Waals surface area contributed by atoms with E-state index in [1.165, 1.54) is 0 Å². The normalized spacial score (nSPS) is 10.0. The lowest BCUT2D eigenvalue weighted by atomic mass is 10.1. The molecule has 3 nitrogen and oxygen atoms in total. The molecule has 0 N–H and O–H groups in total. The van der Waals surface area contributed by atoms with Gasteiger partial charge in [0.05, 0.1) is 6.61 Å². The van der Waals surface area contributed by atoms with Crippen LogP contribution in [-0.4, -0.2) is 17.4 Å². The van der Waals surface area contributed by atoms with Gasteiger partial charge in [-0.05, 0) is 30.7 Å². The maximum Gasteiger partial charge on any atom is 0.163 e. The highest BCUT2D eigenvalue weighted by Gasteiger charge is 2.04. The highest BCUT2D eigenvalue weighted by Crippen LogP contribution is 2.10. The van der Waals surface area contributed by atoms with Crippen molar-refractivity contribution in [1.29, 1.82) is 0 Å². The summed E-state index contributed by atoms with van der Waals surface area (Å²) in [5, 5.41) is 0. The number of aromatic nitrogens is 1. The van der Waals surface area contributed by atoms with Crippen molar-refractivity contribution in [3.05, 3.63) is 60.4 Å². The number of pyridine rings is 1. The lowest BCUT2D eigenvalue weighted by Crippen LogP contribution is -2.03. The summed E-state index contributed by atoms with van der Waals surface area (Å²) in [6, 6.07) is 13.1. The topological polar surface area (TPSA) is 39.2 Å². The smallest absolute Gasteiger partial charge is 0.163 e. The third-order valence-corrected chi connectivity index (χ3v) is 2.56. The predicted molar refractivity (Wildman–Crippen MR) is 69.7 cm³/mol. The molecule has 2 aromatic rings. The van der Waals surface area contributed by atoms with Crippen LogP contribution < -0.4 is 4.74 Å². The molecule has 0 spiro atoms. The Morgan fingerprint density at radius 1 is 1.06 bits per heavy atom. The largest absolute Gasteiger partial charge is 0.494 e. The van der Waals surface area contributed by atoms with E-state index in [0.717, 1.165) is 12.2 Å². The van der Waals surface area contributed by atoms with Gasteiger partial charge in [0.25, 0.3) is 0 Å². The average Bonchev–Trinajstić information content (AvgIpc) is 2.45. The van der Waals surface area contributed by atoms with Gasteiger partial charge in [0.1, 0.15) is 5.75 Å². The number of benzene rings is 1. The second-order valence-corrected chi connectivity index (χ2v) is 3.92. The van der Waals surface area contributed by atoms with Crippen molar-refractivity contribution in [3.63, 3.8) is 0 Å². The Labute approximate surface area is 106 Å². The molecule has 0 bridgehead atoms. The van der Waals surface area contributed by atoms with Crippen LogP contribution in [0.5, 0.6) is 5.75 Å². The summed E-state index contributed by atoms with van der Waals surface area (Å²) in [6.07, 6.45) is 4.48. The first kappa shape index (κ1) is 12.3. The summed E-state index contributed by atoms with van der Waals surface area (Å²) in [6.45, 7) is 0.556. The van der Waals surface area contributed by atoms with Gasteiger partial charge in [0.2, 0.25) is 0 Å². The number of rotatable bonds is 6. The Morgan fingerprint density at radius 3 is 2.50 bits per heavy atom. The van der Waals surface area contributed by atoms with Gasteiger partial charge in [-0.2, -0.15) is 0 Å². The van der Waals surface area contributed by atoms with Crippen LogP contribution in [-0.2, 0) is 0 Å². The number of ether oxygens (including phenoxy) is 1. The average molecular weight is 241 g/mol. The van der Waals surface area contributed by atoms with E-state index in [2.05, 4.69) is 4.98 Å². The summed E-state index contributed by atoms with van der Waals surface area (Å²) in [7, 11) is 0. The van der Waals surface area contributed by atoms with Crippen LogP contribution >= 0.6 is 0 Å². The van der Waals surface area contributed by atoms with Gasteiger partial charge in [-0.1, -0.05) is 18.2 Å². The molecule has 0 aliphatic carbocycles. The quantitative estimate of drug-likeness (QED) is 0.576. The molecule has 1 aromatic carbocycles. The number of carbonyl (C=O) groups is 1. The lowest BCUT2D eigenvalue weighted by molar-refractivity contribution is 0.0973. The highest BCUT2D eigenvalue weighted by atomic mass is 16.5. The fourth-order valence-corrected chi connectivity index (χ4v) is 1.62. The zero-order chi connectivity index (χ0) is 12.6. The van der Waals surface area contributed by atoms with Crippen molar-refractivity contribution >= 4 is 5.78 Å². The Bertz CT molecular complexity index is 482. The SMILES string of the molecule is O=C(CCCOc1ccccc1)c1ccncc1. The molecule has 1 aromatic heterocycles. The van der Waals surface area contributed by atoms with Crippen LogP contribution in [0.4, 0.5) is 0 Å². The molecule has 2 rings (SSSR count). The van der Waals surface area contributed by atoms with E-state index < -0.39 is 0 Å². The molecule has 0 saturated heterocycles. The van der Waals surface area contributed by atoms with E-state index in [9.17, 15) is 4.79 Å². The molecule has 0 aliphatic rings. The molecular formula is C15H15NO2. The maximum atomic E-state index is 11.8. The zero-order valence-electron chi connectivity index (χ0n) is 10.1. The van der Waals surface area contributed by atoms with Crippen LogP contribution in [0.1, 0.15) is 23.2 Å². The van der Waals surface area contributed by atoms with E-state index >= 15 is 0 Å². The number of hydrogen-bond donors (Lipinski definition) is 0. The second-order valence-electron chi connectivity index (χ2n) is 3.92. The van der Waals surface area contributed by atoms with E-state index in [0.29, 0.717) is 18.6 Å². The van der Waals surface area contributed by atoms with E-state index in [4.69, 9.17) is 4.74 Å². The molecule has 92 valence electrons. The third kappa shape index (κ3) is 3.70. The molecule has 0 radical (unpaired) electrons. The van der Waals surface area contributed by atoms with Crippen LogP contribution in [0.15, 0.2) is 54.9 Å². The number of ketones is 1. The third-order valence-electron chi connectivity index (χ3n) is 2.56. The summed E-state index contributed by atoms with van der Waals surface area (Å²) in [5.74, 6) is 0.975. The first-order valence-corrected chi connectivity index (χ1v) is 5.97. The van der Waals surface area contributed by atoms with Gasteiger partial charge in [0.15, 0.2) is 5.78 Å². The predicted octanol–water partition coefficient (Wildman–Crippen LogP) is 3.12. The summed E-state index contributed by atoms with van der Waals surface area (Å²) in [4.78, 5) is 15.7. The molecule has 0 saturated carbocycles. The number of carbonyl (C=O) groups excluding carboxylic acids is 1. The van der Waals surface area contributed by atoms with Crippen LogP contribution in [0.2, 0.25) is 0 Å². The molecule has 0 unspecified atom stereocenters. The van der Waals surface area contributed by atoms with Crippen LogP contribution in [0, 0.1) is 0 Å². The number of nitrogens with zero attached hydrogens (tertiary/aromatic N) is 1. The van der Waals surface area contributed by atoms with Crippen molar-refractivity contribution in [2.24, 2.45) is 0 Å². The van der Waals surface area contributed by atoms with E-state index in [1.807, 2.05) is 30.3 Å². The zero-order valence-corrected chi connectivity index (χ0v) is 10.1. The molecule has 0 fully saturated rings. The minimum Gasteiger partial charge on any atom is -0.494 e. The van der Waals surface area contributed by atoms with Gasteiger partial charge in [-0.25, -0.2) is 0 Å². The van der Waals surface area contributed by atoms with Gasteiger partial charge >= 0.3 is 0 Å². The van der Waals surface area contributed by atoms with Crippen molar-refractivity contribution < 1.29 is 9.53 Å². The fraction of sp³-hybridized carbons (Fsp3) is 0.200. The molecule has 0 atom stereocenters. The first-order valence-electron chi connectivity index (χ1n) is 5.97. The summed E-state index contributed by atoms with van der Waals surface area (Å²) < 4.78 is 5.53. The first-order chi connectivity index (χ1) is 8.86. The lowest BCUT2D eigenvalue weighted by Gasteiger charge is -2.05. The highest BCUT2D eigenvalue weighted by molar-refractivity contribution is 5.95. The summed E-state index contributed by atoms with van der Waals surface area (Å²) in [5.41, 5.74) is 0.713. The van der Waals surface area contributed by atoms with E-state index in [1.54, 1.807) is 24.5 Å². The molecule has 3 heteroatoms. The maximum absolute atomic E-state index is 11.8. The van der Waals surface area contributed by atoms with Gasteiger partial charge in [0, 0.05) is 24.4 Å². The van der Waals surface area contributed by atoms with Gasteiger partial charge in [-0.15, -0.1) is 0 Å². The molecule has 18 heavy (non-hydrogen) atoms. The summed E-state index contributed by atoms with van der Waals surface area (Å²) >= 11 is 0. The molecule has 0 aliphatic heterocycles. The van der Waals surface area contributed by atoms with Crippen LogP contribution in [0.25, 0.3) is 0 Å². The van der Waals surface area contributed by atoms with Gasteiger partial charge < -0.3 is 4.74 Å². The Balaban J connectivity index is 1.72. The molecular weight excluding hydrogens is 226 g/mol. The Kier molecular flexibility index (Phi) is 4.47. The Hall–Kier alpha value is -2.16. The van der Waals surface area contributed by atoms with Crippen LogP contribution in [0.3, 0.4) is 0 Å². The number of para-hydroxylation sites is 1. The minimum absolute atomic E-state index is 0.133. The second kappa shape index (κ2) is 6.55. The standard InChI is InChI=1S/C15H15NO2/c17-15(13-8-10-16-11-9-13)7-4-12-18-14-5-2-1-3-6-14/h1-3,5-6,8-11H,4,7,12H2. The fourth-order valence-electron chi connectivity index (χ4n) is 1.62. The van der Waals surface area contributed by atoms with Gasteiger partial charge in [-0.3, -0.25) is 9.78 Å². The van der Waals surface area contributed by atoms with Crippen molar-refractivity contribution in [1.82, 2.24) is 4.98 Å². The van der Waals surface area contributed by atoms with E-state index in [-0.39, 0.29) is 5.78 Å².